The van der Waals surface area contributed by atoms with Crippen LogP contribution in [0.1, 0.15) is 174 Å². The Balaban J connectivity index is 4.39. The number of hydrogen-bond donors (Lipinski definition) is 1. The number of allylic oxidation sites excluding steroid dienone is 12. The summed E-state index contributed by atoms with van der Waals surface area (Å²) in [5, 5.41) is 9.62. The Morgan fingerprint density at radius 1 is 0.534 bits per heavy atom. The van der Waals surface area contributed by atoms with Crippen molar-refractivity contribution in [3.05, 3.63) is 72.9 Å². The SMILES string of the molecule is CC/C=C/C/C=C/C/C=C/C/C=C/C/C=C/C/C=C/CCCCC(=O)OCC(COCCC(C(=O)O)[N+](C)(C)C)OC(=O)CCCCCCCCCCCCCCC. The molecule has 0 aliphatic heterocycles. The zero-order valence-electron chi connectivity index (χ0n) is 37.7. The molecule has 0 aliphatic rings. The number of carboxylic acids is 1. The van der Waals surface area contributed by atoms with Crippen LogP contribution in [0, 0.1) is 0 Å². The summed E-state index contributed by atoms with van der Waals surface area (Å²) in [5.74, 6) is -1.53. The molecule has 8 heteroatoms. The van der Waals surface area contributed by atoms with Gasteiger partial charge in [0.1, 0.15) is 6.61 Å². The van der Waals surface area contributed by atoms with Crippen molar-refractivity contribution in [2.45, 2.75) is 187 Å². The first-order valence-electron chi connectivity index (χ1n) is 23.0. The molecule has 332 valence electrons. The fourth-order valence-electron chi connectivity index (χ4n) is 6.33. The molecule has 1 N–H and O–H groups in total. The molecule has 0 spiro atoms. The van der Waals surface area contributed by atoms with Gasteiger partial charge < -0.3 is 23.8 Å². The number of unbranched alkanes of at least 4 members (excludes halogenated alkanes) is 14. The molecule has 2 atom stereocenters. The van der Waals surface area contributed by atoms with Crippen LogP contribution in [0.4, 0.5) is 0 Å². The van der Waals surface area contributed by atoms with Crippen LogP contribution in [-0.4, -0.2) is 80.6 Å². The van der Waals surface area contributed by atoms with Crippen LogP contribution in [0.5, 0.6) is 0 Å². The first kappa shape index (κ1) is 54.8. The zero-order valence-corrected chi connectivity index (χ0v) is 37.7. The molecule has 0 aromatic carbocycles. The number of carboxylic acid groups (broad SMARTS) is 1. The molecule has 0 aromatic rings. The highest BCUT2D eigenvalue weighted by atomic mass is 16.6. The van der Waals surface area contributed by atoms with Gasteiger partial charge in [0.2, 0.25) is 0 Å². The lowest BCUT2D eigenvalue weighted by Gasteiger charge is -2.31. The molecule has 0 saturated heterocycles. The zero-order chi connectivity index (χ0) is 42.8. The molecular formula is C50H86NO7+. The molecule has 0 rings (SSSR count). The van der Waals surface area contributed by atoms with Crippen molar-refractivity contribution < 1.29 is 38.2 Å². The summed E-state index contributed by atoms with van der Waals surface area (Å²) in [5.41, 5.74) is 0. The number of esters is 2. The average molecular weight is 813 g/mol. The van der Waals surface area contributed by atoms with Gasteiger partial charge in [0.05, 0.1) is 34.4 Å². The summed E-state index contributed by atoms with van der Waals surface area (Å²) in [6.45, 7) is 4.57. The van der Waals surface area contributed by atoms with Gasteiger partial charge in [-0.2, -0.15) is 0 Å². The predicted octanol–water partition coefficient (Wildman–Crippen LogP) is 12.7. The molecule has 58 heavy (non-hydrogen) atoms. The van der Waals surface area contributed by atoms with Crippen LogP contribution in [0.25, 0.3) is 0 Å². The first-order valence-corrected chi connectivity index (χ1v) is 23.0. The molecule has 8 nitrogen and oxygen atoms in total. The molecule has 0 amide bonds. The van der Waals surface area contributed by atoms with Gasteiger partial charge in [-0.1, -0.05) is 164 Å². The lowest BCUT2D eigenvalue weighted by atomic mass is 10.0. The van der Waals surface area contributed by atoms with E-state index in [-0.39, 0.29) is 36.2 Å². The first-order chi connectivity index (χ1) is 28.1. The van der Waals surface area contributed by atoms with Crippen molar-refractivity contribution in [3.8, 4) is 0 Å². The van der Waals surface area contributed by atoms with Crippen molar-refractivity contribution in [2.24, 2.45) is 0 Å². The quantitative estimate of drug-likeness (QED) is 0.0285. The number of rotatable bonds is 40. The molecule has 0 saturated carbocycles. The number of hydrogen-bond acceptors (Lipinski definition) is 6. The number of carbonyl (C=O) groups excluding carboxylic acids is 2. The standard InChI is InChI=1S/C50H85NO7/c1-6-8-10-12-14-16-18-20-21-22-23-24-25-26-27-29-30-32-34-36-38-40-48(52)57-45-46(44-56-43-42-47(50(54)55)51(3,4)5)58-49(53)41-39-37-35-33-31-28-19-17-15-13-11-9-7-2/h8,10,14,16,20-21,23-24,26-27,30,32,46-47H,6-7,9,11-13,15,17-19,22,25,28-29,31,33-45H2,1-5H3/p+1/b10-8+,16-14+,21-20+,24-23+,27-26+,32-30+. The normalized spacial score (nSPS) is 13.6. The van der Waals surface area contributed by atoms with Gasteiger partial charge in [-0.25, -0.2) is 4.79 Å². The molecule has 0 bridgehead atoms. The molecule has 0 radical (unpaired) electrons. The van der Waals surface area contributed by atoms with E-state index in [9.17, 15) is 19.5 Å². The topological polar surface area (TPSA) is 99.1 Å². The average Bonchev–Trinajstić information content (AvgIpc) is 3.18. The Kier molecular flexibility index (Phi) is 38.3. The highest BCUT2D eigenvalue weighted by Crippen LogP contribution is 2.14. The van der Waals surface area contributed by atoms with E-state index in [1.807, 2.05) is 21.1 Å². The third kappa shape index (κ3) is 38.3. The van der Waals surface area contributed by atoms with Gasteiger partial charge in [-0.15, -0.1) is 0 Å². The molecular weight excluding hydrogens is 727 g/mol. The number of aliphatic carboxylic acids is 1. The van der Waals surface area contributed by atoms with Gasteiger partial charge in [-0.05, 0) is 64.2 Å². The second kappa shape index (κ2) is 40.5. The van der Waals surface area contributed by atoms with E-state index in [1.165, 1.54) is 64.2 Å². The Hall–Kier alpha value is -3.23. The minimum atomic E-state index is -0.883. The summed E-state index contributed by atoms with van der Waals surface area (Å²) < 4.78 is 17.2. The van der Waals surface area contributed by atoms with E-state index in [2.05, 4.69) is 86.8 Å². The maximum absolute atomic E-state index is 12.7. The second-order valence-corrected chi connectivity index (χ2v) is 16.3. The second-order valence-electron chi connectivity index (χ2n) is 16.3. The van der Waals surface area contributed by atoms with Crippen molar-refractivity contribution in [1.82, 2.24) is 0 Å². The molecule has 0 heterocycles. The van der Waals surface area contributed by atoms with Gasteiger partial charge in [0.25, 0.3) is 0 Å². The predicted molar refractivity (Wildman–Crippen MR) is 243 cm³/mol. The Morgan fingerprint density at radius 2 is 0.966 bits per heavy atom. The van der Waals surface area contributed by atoms with E-state index >= 15 is 0 Å². The summed E-state index contributed by atoms with van der Waals surface area (Å²) in [6.07, 6.45) is 50.9. The maximum Gasteiger partial charge on any atom is 0.362 e. The summed E-state index contributed by atoms with van der Waals surface area (Å²) in [4.78, 5) is 37.0. The fourth-order valence-corrected chi connectivity index (χ4v) is 6.33. The number of nitrogens with zero attached hydrogens (tertiary/aromatic N) is 1. The smallest absolute Gasteiger partial charge is 0.362 e. The van der Waals surface area contributed by atoms with Gasteiger partial charge in [0.15, 0.2) is 12.1 Å². The van der Waals surface area contributed by atoms with Crippen LogP contribution >= 0.6 is 0 Å². The number of likely N-dealkylation sites (N-methyl/N-ethyl adjacent to an activating group) is 1. The molecule has 0 fully saturated rings. The van der Waals surface area contributed by atoms with Crippen molar-refractivity contribution in [2.75, 3.05) is 41.0 Å². The Labute approximate surface area is 355 Å². The van der Waals surface area contributed by atoms with Crippen LogP contribution in [0.3, 0.4) is 0 Å². The van der Waals surface area contributed by atoms with E-state index < -0.39 is 18.1 Å². The summed E-state index contributed by atoms with van der Waals surface area (Å²) >= 11 is 0. The largest absolute Gasteiger partial charge is 0.477 e. The maximum atomic E-state index is 12.7. The van der Waals surface area contributed by atoms with Crippen LogP contribution < -0.4 is 0 Å². The van der Waals surface area contributed by atoms with Gasteiger partial charge >= 0.3 is 17.9 Å². The number of carbonyl (C=O) groups is 3. The molecule has 2 unspecified atom stereocenters. The van der Waals surface area contributed by atoms with E-state index in [0.717, 1.165) is 70.6 Å². The van der Waals surface area contributed by atoms with Gasteiger partial charge in [-0.3, -0.25) is 9.59 Å². The fraction of sp³-hybridized carbons (Fsp3) is 0.700. The van der Waals surface area contributed by atoms with Crippen LogP contribution in [0.15, 0.2) is 72.9 Å². The third-order valence-electron chi connectivity index (χ3n) is 9.87. The Morgan fingerprint density at radius 3 is 1.43 bits per heavy atom. The number of quaternary nitrogens is 1. The van der Waals surface area contributed by atoms with Crippen molar-refractivity contribution >= 4 is 17.9 Å². The minimum absolute atomic E-state index is 0.0454. The third-order valence-corrected chi connectivity index (χ3v) is 9.87. The van der Waals surface area contributed by atoms with E-state index in [4.69, 9.17) is 14.2 Å². The summed E-state index contributed by atoms with van der Waals surface area (Å²) in [6, 6.07) is -0.623. The minimum Gasteiger partial charge on any atom is -0.477 e. The lowest BCUT2D eigenvalue weighted by molar-refractivity contribution is -0.887. The summed E-state index contributed by atoms with van der Waals surface area (Å²) in [7, 11) is 5.51. The van der Waals surface area contributed by atoms with Crippen LogP contribution in [0.2, 0.25) is 0 Å². The number of ether oxygens (including phenoxy) is 3. The van der Waals surface area contributed by atoms with E-state index in [0.29, 0.717) is 25.7 Å². The van der Waals surface area contributed by atoms with E-state index in [1.54, 1.807) is 0 Å². The molecule has 0 aromatic heterocycles. The highest BCUT2D eigenvalue weighted by Gasteiger charge is 2.31. The Bertz CT molecular complexity index is 1180. The molecule has 0 aliphatic carbocycles. The van der Waals surface area contributed by atoms with Crippen molar-refractivity contribution in [3.63, 3.8) is 0 Å². The van der Waals surface area contributed by atoms with Crippen molar-refractivity contribution in [1.29, 1.82) is 0 Å². The van der Waals surface area contributed by atoms with Gasteiger partial charge in [0, 0.05) is 19.3 Å². The monoisotopic (exact) mass is 813 g/mol. The van der Waals surface area contributed by atoms with Crippen LogP contribution in [-0.2, 0) is 28.6 Å². The highest BCUT2D eigenvalue weighted by molar-refractivity contribution is 5.72. The lowest BCUT2D eigenvalue weighted by Crippen LogP contribution is -2.50.